The molecule has 1 aliphatic rings. The van der Waals surface area contributed by atoms with Crippen LogP contribution in [0.4, 0.5) is 14.9 Å². The predicted molar refractivity (Wildman–Crippen MR) is 82.3 cm³/mol. The SMILES string of the molecule is CN(C)CCNC(=O)CN1CCN(c2ccc(F)cc2)C1=O. The summed E-state index contributed by atoms with van der Waals surface area (Å²) in [7, 11) is 3.85. The number of nitrogens with zero attached hydrogens (tertiary/aromatic N) is 3. The number of rotatable bonds is 6. The maximum absolute atomic E-state index is 12.9. The van der Waals surface area contributed by atoms with Crippen molar-refractivity contribution in [1.29, 1.82) is 0 Å². The molecule has 1 fully saturated rings. The van der Waals surface area contributed by atoms with Gasteiger partial charge in [-0.1, -0.05) is 0 Å². The highest BCUT2D eigenvalue weighted by Gasteiger charge is 2.30. The van der Waals surface area contributed by atoms with E-state index < -0.39 is 0 Å². The number of anilines is 1. The summed E-state index contributed by atoms with van der Waals surface area (Å²) in [5.41, 5.74) is 0.641. The van der Waals surface area contributed by atoms with E-state index in [-0.39, 0.29) is 24.3 Å². The highest BCUT2D eigenvalue weighted by Crippen LogP contribution is 2.20. The second-order valence-electron chi connectivity index (χ2n) is 5.49. The van der Waals surface area contributed by atoms with E-state index in [0.29, 0.717) is 25.3 Å². The fourth-order valence-corrected chi connectivity index (χ4v) is 2.24. The number of carbonyl (C=O) groups is 2. The second kappa shape index (κ2) is 7.22. The molecule has 1 N–H and O–H groups in total. The van der Waals surface area contributed by atoms with Crippen LogP contribution in [-0.4, -0.2) is 68.6 Å². The van der Waals surface area contributed by atoms with Gasteiger partial charge in [0.2, 0.25) is 5.91 Å². The van der Waals surface area contributed by atoms with Gasteiger partial charge < -0.3 is 15.1 Å². The molecular formula is C15H21FN4O2. The maximum Gasteiger partial charge on any atom is 0.325 e. The fraction of sp³-hybridized carbons (Fsp3) is 0.467. The number of benzene rings is 1. The normalized spacial score (nSPS) is 14.8. The summed E-state index contributed by atoms with van der Waals surface area (Å²) in [6.45, 7) is 2.33. The first-order chi connectivity index (χ1) is 10.5. The molecule has 1 heterocycles. The number of halogens is 1. The zero-order valence-electron chi connectivity index (χ0n) is 12.9. The molecule has 0 bridgehead atoms. The second-order valence-corrected chi connectivity index (χ2v) is 5.49. The molecule has 0 radical (unpaired) electrons. The molecule has 1 saturated heterocycles. The highest BCUT2D eigenvalue weighted by molar-refractivity contribution is 5.96. The van der Waals surface area contributed by atoms with Gasteiger partial charge in [-0.25, -0.2) is 9.18 Å². The quantitative estimate of drug-likeness (QED) is 0.843. The van der Waals surface area contributed by atoms with Gasteiger partial charge in [0.05, 0.1) is 0 Å². The van der Waals surface area contributed by atoms with Crippen molar-refractivity contribution in [1.82, 2.24) is 15.1 Å². The van der Waals surface area contributed by atoms with Crippen LogP contribution in [0.25, 0.3) is 0 Å². The molecule has 1 aromatic rings. The lowest BCUT2D eigenvalue weighted by Gasteiger charge is -2.18. The van der Waals surface area contributed by atoms with Gasteiger partial charge in [-0.3, -0.25) is 9.69 Å². The van der Waals surface area contributed by atoms with Crippen LogP contribution in [0.15, 0.2) is 24.3 Å². The first-order valence-corrected chi connectivity index (χ1v) is 7.21. The van der Waals surface area contributed by atoms with Gasteiger partial charge in [-0.05, 0) is 38.4 Å². The Morgan fingerprint density at radius 3 is 2.59 bits per heavy atom. The van der Waals surface area contributed by atoms with E-state index in [2.05, 4.69) is 5.32 Å². The Kier molecular flexibility index (Phi) is 5.32. The van der Waals surface area contributed by atoms with Crippen LogP contribution in [0, 0.1) is 5.82 Å². The van der Waals surface area contributed by atoms with E-state index >= 15 is 0 Å². The molecule has 22 heavy (non-hydrogen) atoms. The lowest BCUT2D eigenvalue weighted by atomic mass is 10.3. The molecular weight excluding hydrogens is 287 g/mol. The maximum atomic E-state index is 12.9. The molecule has 0 spiro atoms. The fourth-order valence-electron chi connectivity index (χ4n) is 2.24. The molecule has 1 aliphatic heterocycles. The van der Waals surface area contributed by atoms with E-state index in [1.807, 2.05) is 19.0 Å². The Morgan fingerprint density at radius 1 is 1.27 bits per heavy atom. The van der Waals surface area contributed by atoms with Crippen molar-refractivity contribution in [2.75, 3.05) is 51.7 Å². The summed E-state index contributed by atoms with van der Waals surface area (Å²) in [4.78, 5) is 29.1. The van der Waals surface area contributed by atoms with Crippen LogP contribution in [0.2, 0.25) is 0 Å². The lowest BCUT2D eigenvalue weighted by Crippen LogP contribution is -2.41. The summed E-state index contributed by atoms with van der Waals surface area (Å²) in [5.74, 6) is -0.510. The number of urea groups is 1. The average Bonchev–Trinajstić information content (AvgIpc) is 2.81. The van der Waals surface area contributed by atoms with Crippen LogP contribution in [0.5, 0.6) is 0 Å². The monoisotopic (exact) mass is 308 g/mol. The zero-order chi connectivity index (χ0) is 16.1. The van der Waals surface area contributed by atoms with E-state index in [4.69, 9.17) is 0 Å². The largest absolute Gasteiger partial charge is 0.353 e. The van der Waals surface area contributed by atoms with Gasteiger partial charge in [0, 0.05) is 31.9 Å². The summed E-state index contributed by atoms with van der Waals surface area (Å²) >= 11 is 0. The van der Waals surface area contributed by atoms with E-state index in [1.165, 1.54) is 17.0 Å². The summed E-state index contributed by atoms with van der Waals surface area (Å²) in [5, 5.41) is 2.78. The predicted octanol–water partition coefficient (Wildman–Crippen LogP) is 0.746. The van der Waals surface area contributed by atoms with Gasteiger partial charge in [-0.15, -0.1) is 0 Å². The number of hydrogen-bond donors (Lipinski definition) is 1. The van der Waals surface area contributed by atoms with Crippen molar-refractivity contribution in [2.45, 2.75) is 0 Å². The van der Waals surface area contributed by atoms with Crippen LogP contribution in [-0.2, 0) is 4.79 Å². The van der Waals surface area contributed by atoms with Gasteiger partial charge in [0.1, 0.15) is 12.4 Å². The van der Waals surface area contributed by atoms with Crippen molar-refractivity contribution in [2.24, 2.45) is 0 Å². The van der Waals surface area contributed by atoms with Crippen molar-refractivity contribution >= 4 is 17.6 Å². The molecule has 120 valence electrons. The minimum atomic E-state index is -0.340. The third-order valence-corrected chi connectivity index (χ3v) is 3.45. The first kappa shape index (κ1) is 16.2. The Bertz CT molecular complexity index is 533. The third kappa shape index (κ3) is 4.17. The molecule has 1 aromatic carbocycles. The minimum Gasteiger partial charge on any atom is -0.353 e. The van der Waals surface area contributed by atoms with Crippen molar-refractivity contribution in [3.63, 3.8) is 0 Å². The van der Waals surface area contributed by atoms with Crippen LogP contribution < -0.4 is 10.2 Å². The Hall–Kier alpha value is -2.15. The molecule has 7 heteroatoms. The number of hydrogen-bond acceptors (Lipinski definition) is 3. The van der Waals surface area contributed by atoms with Gasteiger partial charge in [0.25, 0.3) is 0 Å². The van der Waals surface area contributed by atoms with Crippen molar-refractivity contribution in [3.8, 4) is 0 Å². The number of amides is 3. The van der Waals surface area contributed by atoms with E-state index in [9.17, 15) is 14.0 Å². The summed E-state index contributed by atoms with van der Waals surface area (Å²) < 4.78 is 12.9. The summed E-state index contributed by atoms with van der Waals surface area (Å²) in [6, 6.07) is 5.54. The molecule has 3 amide bonds. The topological polar surface area (TPSA) is 55.9 Å². The molecule has 2 rings (SSSR count). The van der Waals surface area contributed by atoms with Gasteiger partial charge in [-0.2, -0.15) is 0 Å². The molecule has 0 aromatic heterocycles. The highest BCUT2D eigenvalue weighted by atomic mass is 19.1. The molecule has 0 saturated carbocycles. The standard InChI is InChI=1S/C15H21FN4O2/c1-18(2)8-7-17-14(21)11-19-9-10-20(15(19)22)13-5-3-12(16)4-6-13/h3-6H,7-11H2,1-2H3,(H,17,21). The van der Waals surface area contributed by atoms with Crippen molar-refractivity contribution < 1.29 is 14.0 Å². The summed E-state index contributed by atoms with van der Waals surface area (Å²) in [6.07, 6.45) is 0. The van der Waals surface area contributed by atoms with Crippen LogP contribution in [0.3, 0.4) is 0 Å². The number of carbonyl (C=O) groups excluding carboxylic acids is 2. The number of nitrogens with one attached hydrogen (secondary N) is 1. The molecule has 0 atom stereocenters. The minimum absolute atomic E-state index is 0.0456. The first-order valence-electron chi connectivity index (χ1n) is 7.21. The Balaban J connectivity index is 1.86. The smallest absolute Gasteiger partial charge is 0.325 e. The molecule has 0 aliphatic carbocycles. The number of likely N-dealkylation sites (N-methyl/N-ethyl adjacent to an activating group) is 1. The lowest BCUT2D eigenvalue weighted by molar-refractivity contribution is -0.121. The van der Waals surface area contributed by atoms with Gasteiger partial charge in [0.15, 0.2) is 0 Å². The Labute approximate surface area is 129 Å². The van der Waals surface area contributed by atoms with Crippen LogP contribution in [0.1, 0.15) is 0 Å². The third-order valence-electron chi connectivity index (χ3n) is 3.45. The van der Waals surface area contributed by atoms with Crippen molar-refractivity contribution in [3.05, 3.63) is 30.1 Å². The van der Waals surface area contributed by atoms with E-state index in [1.54, 1.807) is 17.0 Å². The van der Waals surface area contributed by atoms with E-state index in [0.717, 1.165) is 6.54 Å². The Morgan fingerprint density at radius 2 is 1.95 bits per heavy atom. The zero-order valence-corrected chi connectivity index (χ0v) is 12.9. The average molecular weight is 308 g/mol. The van der Waals surface area contributed by atoms with Crippen LogP contribution >= 0.6 is 0 Å². The van der Waals surface area contributed by atoms with Gasteiger partial charge >= 0.3 is 6.03 Å². The molecule has 0 unspecified atom stereocenters. The molecule has 6 nitrogen and oxygen atoms in total.